The van der Waals surface area contributed by atoms with Crippen molar-refractivity contribution < 1.29 is 23.1 Å². The SMILES string of the molecule is C[C@H]1CNCCN1C(=O)C1CCCN(C(=O)c2ccccc2OC(F)F)C1. The van der Waals surface area contributed by atoms with Crippen LogP contribution in [0, 0.1) is 5.92 Å². The number of ether oxygens (including phenoxy) is 1. The summed E-state index contributed by atoms with van der Waals surface area (Å²) in [6, 6.07) is 6.11. The van der Waals surface area contributed by atoms with E-state index in [4.69, 9.17) is 0 Å². The Hall–Kier alpha value is -2.22. The monoisotopic (exact) mass is 381 g/mol. The summed E-state index contributed by atoms with van der Waals surface area (Å²) >= 11 is 0. The molecule has 1 aromatic carbocycles. The van der Waals surface area contributed by atoms with Crippen molar-refractivity contribution >= 4 is 11.8 Å². The number of nitrogens with zero attached hydrogens (tertiary/aromatic N) is 2. The van der Waals surface area contributed by atoms with Crippen LogP contribution in [0.1, 0.15) is 30.1 Å². The van der Waals surface area contributed by atoms with Crippen LogP contribution < -0.4 is 10.1 Å². The smallest absolute Gasteiger partial charge is 0.387 e. The summed E-state index contributed by atoms with van der Waals surface area (Å²) in [5, 5.41) is 3.26. The lowest BCUT2D eigenvalue weighted by Gasteiger charge is -2.39. The van der Waals surface area contributed by atoms with E-state index in [-0.39, 0.29) is 35.1 Å². The zero-order chi connectivity index (χ0) is 19.4. The lowest BCUT2D eigenvalue weighted by atomic mass is 9.95. The van der Waals surface area contributed by atoms with Gasteiger partial charge in [0.1, 0.15) is 5.75 Å². The largest absolute Gasteiger partial charge is 0.434 e. The van der Waals surface area contributed by atoms with Gasteiger partial charge in [-0.3, -0.25) is 9.59 Å². The van der Waals surface area contributed by atoms with Gasteiger partial charge in [0.05, 0.1) is 11.5 Å². The van der Waals surface area contributed by atoms with E-state index in [1.54, 1.807) is 17.0 Å². The number of benzene rings is 1. The Balaban J connectivity index is 1.71. The van der Waals surface area contributed by atoms with Gasteiger partial charge in [-0.05, 0) is 31.9 Å². The number of piperazine rings is 1. The van der Waals surface area contributed by atoms with E-state index in [0.717, 1.165) is 19.5 Å². The van der Waals surface area contributed by atoms with Crippen LogP contribution in [0.2, 0.25) is 0 Å². The van der Waals surface area contributed by atoms with Gasteiger partial charge in [-0.25, -0.2) is 0 Å². The third-order valence-corrected chi connectivity index (χ3v) is 5.18. The molecular weight excluding hydrogens is 356 g/mol. The van der Waals surface area contributed by atoms with Crippen LogP contribution in [0.25, 0.3) is 0 Å². The molecule has 0 bridgehead atoms. The molecule has 2 aliphatic rings. The minimum atomic E-state index is -3.00. The van der Waals surface area contributed by atoms with Gasteiger partial charge in [0.2, 0.25) is 5.91 Å². The molecule has 148 valence electrons. The molecule has 0 radical (unpaired) electrons. The Labute approximate surface area is 157 Å². The summed E-state index contributed by atoms with van der Waals surface area (Å²) in [5.74, 6) is -0.705. The minimum Gasteiger partial charge on any atom is -0.434 e. The van der Waals surface area contributed by atoms with Gasteiger partial charge in [0.15, 0.2) is 0 Å². The highest BCUT2D eigenvalue weighted by Gasteiger charge is 2.34. The fraction of sp³-hybridized carbons (Fsp3) is 0.579. The van der Waals surface area contributed by atoms with Crippen LogP contribution in [0.15, 0.2) is 24.3 Å². The molecule has 0 spiro atoms. The number of para-hydroxylation sites is 1. The number of likely N-dealkylation sites (tertiary alicyclic amines) is 1. The molecule has 2 fully saturated rings. The molecule has 0 aliphatic carbocycles. The number of piperidine rings is 1. The second-order valence-corrected chi connectivity index (χ2v) is 7.05. The lowest BCUT2D eigenvalue weighted by Crippen LogP contribution is -2.55. The van der Waals surface area contributed by atoms with Crippen molar-refractivity contribution in [1.82, 2.24) is 15.1 Å². The summed E-state index contributed by atoms with van der Waals surface area (Å²) < 4.78 is 29.7. The van der Waals surface area contributed by atoms with E-state index in [2.05, 4.69) is 10.1 Å². The summed E-state index contributed by atoms with van der Waals surface area (Å²) in [6.45, 7) is 2.01. The normalized spacial score (nSPS) is 23.4. The number of carbonyl (C=O) groups excluding carboxylic acids is 2. The predicted molar refractivity (Wildman–Crippen MR) is 95.7 cm³/mol. The maximum absolute atomic E-state index is 12.9. The summed E-state index contributed by atoms with van der Waals surface area (Å²) in [4.78, 5) is 29.2. The van der Waals surface area contributed by atoms with Gasteiger partial charge in [0.25, 0.3) is 5.91 Å². The Bertz CT molecular complexity index is 686. The number of hydrogen-bond donors (Lipinski definition) is 1. The third-order valence-electron chi connectivity index (χ3n) is 5.18. The number of rotatable bonds is 4. The first-order valence-electron chi connectivity index (χ1n) is 9.31. The molecule has 2 saturated heterocycles. The lowest BCUT2D eigenvalue weighted by molar-refractivity contribution is -0.139. The van der Waals surface area contributed by atoms with Crippen LogP contribution in [-0.4, -0.2) is 67.0 Å². The number of halogens is 2. The van der Waals surface area contributed by atoms with Crippen LogP contribution in [0.3, 0.4) is 0 Å². The third kappa shape index (κ3) is 4.55. The Morgan fingerprint density at radius 2 is 2.04 bits per heavy atom. The first-order valence-corrected chi connectivity index (χ1v) is 9.31. The van der Waals surface area contributed by atoms with E-state index in [1.165, 1.54) is 12.1 Å². The fourth-order valence-electron chi connectivity index (χ4n) is 3.78. The topological polar surface area (TPSA) is 61.9 Å². The number of hydrogen-bond acceptors (Lipinski definition) is 4. The Morgan fingerprint density at radius 3 is 2.78 bits per heavy atom. The van der Waals surface area contributed by atoms with Crippen molar-refractivity contribution in [3.63, 3.8) is 0 Å². The second-order valence-electron chi connectivity index (χ2n) is 7.05. The van der Waals surface area contributed by atoms with Crippen molar-refractivity contribution in [3.05, 3.63) is 29.8 Å². The second kappa shape index (κ2) is 8.65. The summed E-state index contributed by atoms with van der Waals surface area (Å²) in [6.07, 6.45) is 1.44. The Morgan fingerprint density at radius 1 is 1.26 bits per heavy atom. The number of carbonyl (C=O) groups is 2. The van der Waals surface area contributed by atoms with E-state index in [9.17, 15) is 18.4 Å². The van der Waals surface area contributed by atoms with E-state index in [0.29, 0.717) is 26.1 Å². The van der Waals surface area contributed by atoms with Crippen LogP contribution >= 0.6 is 0 Å². The summed E-state index contributed by atoms with van der Waals surface area (Å²) in [7, 11) is 0. The zero-order valence-electron chi connectivity index (χ0n) is 15.4. The summed E-state index contributed by atoms with van der Waals surface area (Å²) in [5.41, 5.74) is 0.0986. The first-order chi connectivity index (χ1) is 13.0. The fourth-order valence-corrected chi connectivity index (χ4v) is 3.78. The molecule has 1 aromatic rings. The quantitative estimate of drug-likeness (QED) is 0.866. The highest BCUT2D eigenvalue weighted by molar-refractivity contribution is 5.97. The number of alkyl halides is 2. The van der Waals surface area contributed by atoms with E-state index >= 15 is 0 Å². The van der Waals surface area contributed by atoms with Crippen molar-refractivity contribution in [2.24, 2.45) is 5.92 Å². The van der Waals surface area contributed by atoms with Gasteiger partial charge in [-0.1, -0.05) is 12.1 Å². The highest BCUT2D eigenvalue weighted by Crippen LogP contribution is 2.26. The molecule has 2 amide bonds. The maximum atomic E-state index is 12.9. The minimum absolute atomic E-state index is 0.0682. The molecule has 2 heterocycles. The molecule has 8 heteroatoms. The number of amides is 2. The molecule has 0 aromatic heterocycles. The van der Waals surface area contributed by atoms with E-state index in [1.807, 2.05) is 11.8 Å². The molecule has 2 atom stereocenters. The average molecular weight is 381 g/mol. The molecule has 27 heavy (non-hydrogen) atoms. The van der Waals surface area contributed by atoms with Gasteiger partial charge in [-0.15, -0.1) is 0 Å². The highest BCUT2D eigenvalue weighted by atomic mass is 19.3. The molecule has 1 N–H and O–H groups in total. The van der Waals surface area contributed by atoms with Gasteiger partial charge < -0.3 is 19.9 Å². The number of nitrogens with one attached hydrogen (secondary N) is 1. The molecule has 3 rings (SSSR count). The molecule has 1 unspecified atom stereocenters. The van der Waals surface area contributed by atoms with Crippen molar-refractivity contribution in [1.29, 1.82) is 0 Å². The van der Waals surface area contributed by atoms with Crippen LogP contribution in [0.4, 0.5) is 8.78 Å². The van der Waals surface area contributed by atoms with Crippen LogP contribution in [0.5, 0.6) is 5.75 Å². The van der Waals surface area contributed by atoms with Gasteiger partial charge in [-0.2, -0.15) is 8.78 Å². The standard InChI is InChI=1S/C19H25F2N3O3/c1-13-11-22-8-10-24(13)17(25)14-5-4-9-23(12-14)18(26)15-6-2-3-7-16(15)27-19(20)21/h2-3,6-7,13-14,19,22H,4-5,8-12H2,1H3/t13-,14?/m0/s1. The average Bonchev–Trinajstić information content (AvgIpc) is 2.67. The van der Waals surface area contributed by atoms with Gasteiger partial charge in [0, 0.05) is 38.8 Å². The van der Waals surface area contributed by atoms with Crippen LogP contribution in [-0.2, 0) is 4.79 Å². The molecule has 2 aliphatic heterocycles. The first kappa shape index (κ1) is 19.5. The molecule has 6 nitrogen and oxygen atoms in total. The van der Waals surface area contributed by atoms with E-state index < -0.39 is 6.61 Å². The predicted octanol–water partition coefficient (Wildman–Crippen LogP) is 1.96. The maximum Gasteiger partial charge on any atom is 0.387 e. The molecular formula is C19H25F2N3O3. The van der Waals surface area contributed by atoms with Crippen molar-refractivity contribution in [2.45, 2.75) is 32.4 Å². The Kier molecular flexibility index (Phi) is 6.26. The van der Waals surface area contributed by atoms with Crippen molar-refractivity contribution in [3.8, 4) is 5.75 Å². The van der Waals surface area contributed by atoms with Crippen molar-refractivity contribution in [2.75, 3.05) is 32.7 Å². The molecule has 0 saturated carbocycles. The van der Waals surface area contributed by atoms with Gasteiger partial charge >= 0.3 is 6.61 Å². The zero-order valence-corrected chi connectivity index (χ0v) is 15.4.